The van der Waals surface area contributed by atoms with Crippen LogP contribution in [0.3, 0.4) is 0 Å². The molecule has 0 atom stereocenters. The minimum atomic E-state index is 0.0522. The Kier molecular flexibility index (Phi) is 4.17. The topological polar surface area (TPSA) is 37.8 Å². The molecule has 0 saturated heterocycles. The summed E-state index contributed by atoms with van der Waals surface area (Å²) in [4.78, 5) is 10.7. The molecule has 2 aromatic heterocycles. The molecule has 3 rings (SSSR count). The molecule has 112 valence electrons. The van der Waals surface area contributed by atoms with Gasteiger partial charge in [0.2, 0.25) is 0 Å². The van der Waals surface area contributed by atoms with Crippen molar-refractivity contribution in [3.63, 3.8) is 0 Å². The summed E-state index contributed by atoms with van der Waals surface area (Å²) >= 11 is 5.34. The largest absolute Gasteiger partial charge is 0.309 e. The summed E-state index contributed by atoms with van der Waals surface area (Å²) in [5.41, 5.74) is 2.18. The summed E-state index contributed by atoms with van der Waals surface area (Å²) in [6, 6.07) is 4.66. The van der Waals surface area contributed by atoms with Crippen molar-refractivity contribution >= 4 is 27.3 Å². The highest BCUT2D eigenvalue weighted by Gasteiger charge is 2.26. The van der Waals surface area contributed by atoms with Gasteiger partial charge in [-0.2, -0.15) is 0 Å². The number of thiazole rings is 1. The molecule has 21 heavy (non-hydrogen) atoms. The molecule has 1 N–H and O–H groups in total. The monoisotopic (exact) mass is 365 g/mol. The van der Waals surface area contributed by atoms with Crippen LogP contribution in [0.2, 0.25) is 0 Å². The van der Waals surface area contributed by atoms with E-state index in [1.54, 1.807) is 11.3 Å². The second-order valence-electron chi connectivity index (χ2n) is 6.53. The van der Waals surface area contributed by atoms with Gasteiger partial charge >= 0.3 is 0 Å². The maximum Gasteiger partial charge on any atom is 0.143 e. The molecule has 0 spiro atoms. The molecular formula is C16H20BrN3S. The highest BCUT2D eigenvalue weighted by Crippen LogP contribution is 2.36. The second kappa shape index (κ2) is 5.78. The zero-order chi connectivity index (χ0) is 15.0. The van der Waals surface area contributed by atoms with Crippen molar-refractivity contribution in [1.82, 2.24) is 15.3 Å². The van der Waals surface area contributed by atoms with Gasteiger partial charge in [0.05, 0.1) is 5.69 Å². The summed E-state index contributed by atoms with van der Waals surface area (Å²) in [5.74, 6) is 0. The van der Waals surface area contributed by atoms with Crippen LogP contribution in [0, 0.1) is 0 Å². The second-order valence-corrected chi connectivity index (χ2v) is 8.47. The molecular weight excluding hydrogens is 346 g/mol. The van der Waals surface area contributed by atoms with Gasteiger partial charge in [0.1, 0.15) is 10.7 Å². The lowest BCUT2D eigenvalue weighted by Gasteiger charge is -2.17. The van der Waals surface area contributed by atoms with Crippen molar-refractivity contribution in [1.29, 1.82) is 0 Å². The van der Waals surface area contributed by atoms with Crippen LogP contribution < -0.4 is 5.32 Å². The first-order valence-electron chi connectivity index (χ1n) is 7.29. The average molecular weight is 366 g/mol. The molecule has 0 amide bonds. The molecule has 1 aliphatic carbocycles. The van der Waals surface area contributed by atoms with Crippen molar-refractivity contribution in [2.24, 2.45) is 0 Å². The van der Waals surface area contributed by atoms with Crippen molar-refractivity contribution in [2.45, 2.75) is 51.6 Å². The molecule has 0 aliphatic heterocycles. The quantitative estimate of drug-likeness (QED) is 0.865. The number of rotatable bonds is 4. The Balaban J connectivity index is 1.96. The Morgan fingerprint density at radius 3 is 2.76 bits per heavy atom. The lowest BCUT2D eigenvalue weighted by atomic mass is 9.91. The van der Waals surface area contributed by atoms with Crippen molar-refractivity contribution in [2.75, 3.05) is 0 Å². The maximum absolute atomic E-state index is 4.90. The molecule has 0 unspecified atom stereocenters. The summed E-state index contributed by atoms with van der Waals surface area (Å²) in [5, 5.41) is 4.60. The lowest BCUT2D eigenvalue weighted by Crippen LogP contribution is -2.19. The Bertz CT molecular complexity index is 641. The first-order chi connectivity index (χ1) is 9.95. The lowest BCUT2D eigenvalue weighted by molar-refractivity contribution is 0.559. The third-order valence-corrected chi connectivity index (χ3v) is 5.20. The maximum atomic E-state index is 4.90. The van der Waals surface area contributed by atoms with Gasteiger partial charge in [-0.3, -0.25) is 4.98 Å². The van der Waals surface area contributed by atoms with Gasteiger partial charge in [-0.25, -0.2) is 4.98 Å². The fourth-order valence-electron chi connectivity index (χ4n) is 2.23. The Morgan fingerprint density at radius 1 is 1.38 bits per heavy atom. The molecule has 5 heteroatoms. The standard InChI is InChI=1S/C16H20BrN3S/c1-16(2,3)14-12(9-19-10-6-7-10)21-15(20-14)13-11(17)5-4-8-18-13/h4-5,8,10,19H,6-7,9H2,1-3H3. The third kappa shape index (κ3) is 3.52. The highest BCUT2D eigenvalue weighted by molar-refractivity contribution is 9.10. The van der Waals surface area contributed by atoms with Gasteiger partial charge in [-0.1, -0.05) is 20.8 Å². The Hall–Kier alpha value is -0.780. The predicted molar refractivity (Wildman–Crippen MR) is 91.6 cm³/mol. The molecule has 1 aliphatic rings. The summed E-state index contributed by atoms with van der Waals surface area (Å²) in [6.07, 6.45) is 4.44. The highest BCUT2D eigenvalue weighted by atomic mass is 79.9. The number of aromatic nitrogens is 2. The Labute approximate surface area is 138 Å². The SMILES string of the molecule is CC(C)(C)c1nc(-c2ncccc2Br)sc1CNC1CC1. The molecule has 3 nitrogen and oxygen atoms in total. The van der Waals surface area contributed by atoms with Crippen molar-refractivity contribution in [3.05, 3.63) is 33.4 Å². The van der Waals surface area contributed by atoms with Crippen LogP contribution in [-0.4, -0.2) is 16.0 Å². The van der Waals surface area contributed by atoms with E-state index in [1.807, 2.05) is 18.3 Å². The average Bonchev–Trinajstić information content (AvgIpc) is 3.14. The molecule has 1 saturated carbocycles. The van der Waals surface area contributed by atoms with Crippen LogP contribution >= 0.6 is 27.3 Å². The van der Waals surface area contributed by atoms with Gasteiger partial charge < -0.3 is 5.32 Å². The number of pyridine rings is 1. The van der Waals surface area contributed by atoms with Crippen molar-refractivity contribution in [3.8, 4) is 10.7 Å². The van der Waals surface area contributed by atoms with Gasteiger partial charge in [0.25, 0.3) is 0 Å². The van der Waals surface area contributed by atoms with E-state index in [4.69, 9.17) is 4.98 Å². The zero-order valence-corrected chi connectivity index (χ0v) is 15.0. The molecule has 0 aromatic carbocycles. The van der Waals surface area contributed by atoms with E-state index in [1.165, 1.54) is 23.4 Å². The van der Waals surface area contributed by atoms with E-state index < -0.39 is 0 Å². The third-order valence-electron chi connectivity index (χ3n) is 3.50. The number of hydrogen-bond acceptors (Lipinski definition) is 4. The van der Waals surface area contributed by atoms with Crippen LogP contribution in [0.5, 0.6) is 0 Å². The molecule has 2 heterocycles. The predicted octanol–water partition coefficient (Wildman–Crippen LogP) is 4.52. The first kappa shape index (κ1) is 15.1. The molecule has 1 fully saturated rings. The van der Waals surface area contributed by atoms with Crippen LogP contribution in [-0.2, 0) is 12.0 Å². The number of nitrogens with one attached hydrogen (secondary N) is 1. The summed E-state index contributed by atoms with van der Waals surface area (Å²) in [6.45, 7) is 7.58. The van der Waals surface area contributed by atoms with E-state index in [9.17, 15) is 0 Å². The van der Waals surface area contributed by atoms with Gasteiger partial charge in [0, 0.05) is 33.5 Å². The molecule has 0 bridgehead atoms. The minimum Gasteiger partial charge on any atom is -0.309 e. The fourth-order valence-corrected chi connectivity index (χ4v) is 4.03. The summed E-state index contributed by atoms with van der Waals surface area (Å²) in [7, 11) is 0. The van der Waals surface area contributed by atoms with E-state index in [0.29, 0.717) is 6.04 Å². The number of halogens is 1. The van der Waals surface area contributed by atoms with Gasteiger partial charge in [-0.05, 0) is 40.9 Å². The van der Waals surface area contributed by atoms with Crippen LogP contribution in [0.25, 0.3) is 10.7 Å². The van der Waals surface area contributed by atoms with Crippen LogP contribution in [0.15, 0.2) is 22.8 Å². The number of hydrogen-bond donors (Lipinski definition) is 1. The Morgan fingerprint density at radius 2 is 2.14 bits per heavy atom. The van der Waals surface area contributed by atoms with Gasteiger partial charge in [-0.15, -0.1) is 11.3 Å². The van der Waals surface area contributed by atoms with Crippen molar-refractivity contribution < 1.29 is 0 Å². The molecule has 0 radical (unpaired) electrons. The normalized spacial score (nSPS) is 15.4. The van der Waals surface area contributed by atoms with E-state index in [-0.39, 0.29) is 5.41 Å². The van der Waals surface area contributed by atoms with E-state index in [0.717, 1.165) is 21.7 Å². The van der Waals surface area contributed by atoms with E-state index >= 15 is 0 Å². The fraction of sp³-hybridized carbons (Fsp3) is 0.500. The number of nitrogens with zero attached hydrogens (tertiary/aromatic N) is 2. The smallest absolute Gasteiger partial charge is 0.143 e. The minimum absolute atomic E-state index is 0.0522. The summed E-state index contributed by atoms with van der Waals surface area (Å²) < 4.78 is 1.00. The molecule has 2 aromatic rings. The zero-order valence-electron chi connectivity index (χ0n) is 12.6. The van der Waals surface area contributed by atoms with Crippen LogP contribution in [0.4, 0.5) is 0 Å². The first-order valence-corrected chi connectivity index (χ1v) is 8.90. The van der Waals surface area contributed by atoms with Crippen LogP contribution in [0.1, 0.15) is 44.2 Å². The van der Waals surface area contributed by atoms with E-state index in [2.05, 4.69) is 47.0 Å². The van der Waals surface area contributed by atoms with Gasteiger partial charge in [0.15, 0.2) is 0 Å².